The lowest BCUT2D eigenvalue weighted by molar-refractivity contribution is -0.385. The summed E-state index contributed by atoms with van der Waals surface area (Å²) in [6, 6.07) is 14.3. The highest BCUT2D eigenvalue weighted by Gasteiger charge is 2.17. The van der Waals surface area contributed by atoms with Crippen LogP contribution in [-0.4, -0.2) is 27.1 Å². The molecular weight excluding hydrogens is 432 g/mol. The van der Waals surface area contributed by atoms with Gasteiger partial charge < -0.3 is 16.1 Å². The van der Waals surface area contributed by atoms with Crippen molar-refractivity contribution in [2.45, 2.75) is 13.8 Å². The summed E-state index contributed by atoms with van der Waals surface area (Å²) in [5.74, 6) is -1.08. The van der Waals surface area contributed by atoms with Crippen LogP contribution >= 0.6 is 0 Å². The van der Waals surface area contributed by atoms with E-state index in [4.69, 9.17) is 0 Å². The lowest BCUT2D eigenvalue weighted by Crippen LogP contribution is -2.15. The molecule has 0 saturated heterocycles. The van der Waals surface area contributed by atoms with Crippen molar-refractivity contribution in [1.82, 2.24) is 0 Å². The fraction of sp³-hybridized carbons (Fsp3) is 0.0909. The predicted octanol–water partition coefficient (Wildman–Crippen LogP) is 3.80. The molecule has 0 aliphatic rings. The highest BCUT2D eigenvalue weighted by atomic mass is 16.6. The zero-order chi connectivity index (χ0) is 23.4. The number of hydrogen-bond donors (Lipinski definition) is 2. The molecule has 3 aromatic carbocycles. The van der Waals surface area contributed by atoms with Crippen molar-refractivity contribution >= 4 is 34.6 Å². The van der Waals surface area contributed by atoms with Gasteiger partial charge in [-0.1, -0.05) is 18.2 Å². The van der Waals surface area contributed by atoms with E-state index in [1.165, 1.54) is 42.5 Å². The Labute approximate surface area is 187 Å². The Morgan fingerprint density at radius 1 is 0.697 bits per heavy atom. The van der Waals surface area contributed by atoms with Crippen LogP contribution in [0.3, 0.4) is 0 Å². The van der Waals surface area contributed by atoms with Crippen LogP contribution in [0.15, 0.2) is 60.7 Å². The summed E-state index contributed by atoms with van der Waals surface area (Å²) >= 11 is 0. The molecule has 0 unspecified atom stereocenters. The second-order valence-electron chi connectivity index (χ2n) is 7.00. The Hall–Kier alpha value is -4.64. The van der Waals surface area contributed by atoms with E-state index in [0.717, 1.165) is 0 Å². The zero-order valence-electron chi connectivity index (χ0n) is 17.6. The number of nitrogens with zero attached hydrogens (tertiary/aromatic N) is 2. The summed E-state index contributed by atoms with van der Waals surface area (Å²) in [6.45, 7) is 3.33. The van der Waals surface area contributed by atoms with E-state index in [9.17, 15) is 29.8 Å². The van der Waals surface area contributed by atoms with Crippen molar-refractivity contribution in [3.63, 3.8) is 0 Å². The summed E-state index contributed by atoms with van der Waals surface area (Å²) in [7, 11) is 0. The third kappa shape index (κ3) is 5.74. The highest BCUT2D eigenvalue weighted by Crippen LogP contribution is 2.22. The Kier molecular flexibility index (Phi) is 7.55. The Morgan fingerprint density at radius 2 is 1.09 bits per heavy atom. The molecule has 0 saturated carbocycles. The number of anilines is 2. The summed E-state index contributed by atoms with van der Waals surface area (Å²) < 4.78 is 0. The summed E-state index contributed by atoms with van der Waals surface area (Å²) in [6.07, 6.45) is 0. The molecule has 0 radical (unpaired) electrons. The van der Waals surface area contributed by atoms with Crippen molar-refractivity contribution < 1.29 is 24.9 Å². The van der Waals surface area contributed by atoms with Gasteiger partial charge in [0, 0.05) is 46.8 Å². The van der Waals surface area contributed by atoms with Gasteiger partial charge in [0.1, 0.15) is 0 Å². The molecule has 2 amide bonds. The number of amides is 2. The third-order valence-corrected chi connectivity index (χ3v) is 4.73. The van der Waals surface area contributed by atoms with E-state index in [0.29, 0.717) is 22.5 Å². The van der Waals surface area contributed by atoms with Gasteiger partial charge in [-0.05, 0) is 43.2 Å². The molecule has 0 fully saturated rings. The molecule has 3 aromatic rings. The number of carbonyl (C=O) groups is 2. The molecular formula is C22H20N4O7. The second kappa shape index (κ2) is 10.1. The molecule has 4 N–H and O–H groups in total. The lowest BCUT2D eigenvalue weighted by Gasteiger charge is -2.11. The Balaban J connectivity index is 0.00000385. The maximum Gasteiger partial charge on any atom is 0.270 e. The van der Waals surface area contributed by atoms with Gasteiger partial charge in [0.2, 0.25) is 0 Å². The molecule has 3 rings (SSSR count). The van der Waals surface area contributed by atoms with E-state index in [2.05, 4.69) is 10.6 Å². The molecule has 33 heavy (non-hydrogen) atoms. The molecule has 0 bridgehead atoms. The van der Waals surface area contributed by atoms with Crippen LogP contribution in [0.4, 0.5) is 22.7 Å². The minimum absolute atomic E-state index is 0. The SMILES string of the molecule is Cc1ccc([N+](=O)[O-])cc1C(=O)Nc1cccc(NC(=O)c2cc([N+](=O)[O-])ccc2C)c1.O. The predicted molar refractivity (Wildman–Crippen MR) is 122 cm³/mol. The van der Waals surface area contributed by atoms with Crippen molar-refractivity contribution in [1.29, 1.82) is 0 Å². The largest absolute Gasteiger partial charge is 0.412 e. The second-order valence-corrected chi connectivity index (χ2v) is 7.00. The maximum absolute atomic E-state index is 12.6. The minimum Gasteiger partial charge on any atom is -0.412 e. The standard InChI is InChI=1S/C22H18N4O6.H2O/c1-13-6-8-17(25(29)30)11-19(13)21(27)23-15-4-3-5-16(10-15)24-22(28)20-12-18(26(31)32)9-7-14(20)2;/h3-12H,1-2H3,(H,23,27)(H,24,28);1H2. The molecule has 0 aliphatic heterocycles. The normalized spacial score (nSPS) is 10.0. The van der Waals surface area contributed by atoms with Gasteiger partial charge in [-0.15, -0.1) is 0 Å². The molecule has 0 spiro atoms. The fourth-order valence-corrected chi connectivity index (χ4v) is 3.01. The van der Waals surface area contributed by atoms with Crippen molar-refractivity contribution in [2.75, 3.05) is 10.6 Å². The average Bonchev–Trinajstić information content (AvgIpc) is 2.74. The number of hydrogen-bond acceptors (Lipinski definition) is 6. The van der Waals surface area contributed by atoms with Crippen LogP contribution in [0.5, 0.6) is 0 Å². The first-order valence-corrected chi connectivity index (χ1v) is 9.38. The quantitative estimate of drug-likeness (QED) is 0.424. The first kappa shape index (κ1) is 24.6. The van der Waals surface area contributed by atoms with Crippen molar-refractivity contribution in [3.05, 3.63) is 103 Å². The number of benzene rings is 3. The van der Waals surface area contributed by atoms with Gasteiger partial charge in [0.15, 0.2) is 0 Å². The summed E-state index contributed by atoms with van der Waals surface area (Å²) in [5, 5.41) is 27.3. The molecule has 0 aromatic heterocycles. The summed E-state index contributed by atoms with van der Waals surface area (Å²) in [4.78, 5) is 46.1. The Bertz CT molecular complexity index is 1160. The number of aryl methyl sites for hydroxylation is 2. The van der Waals surface area contributed by atoms with Crippen LogP contribution in [0.2, 0.25) is 0 Å². The third-order valence-electron chi connectivity index (χ3n) is 4.73. The minimum atomic E-state index is -0.581. The van der Waals surface area contributed by atoms with Crippen LogP contribution in [0, 0.1) is 34.1 Å². The lowest BCUT2D eigenvalue weighted by atomic mass is 10.1. The smallest absolute Gasteiger partial charge is 0.270 e. The zero-order valence-corrected chi connectivity index (χ0v) is 17.6. The molecule has 170 valence electrons. The molecule has 11 nitrogen and oxygen atoms in total. The molecule has 11 heteroatoms. The fourth-order valence-electron chi connectivity index (χ4n) is 3.01. The van der Waals surface area contributed by atoms with Gasteiger partial charge in [0.05, 0.1) is 9.85 Å². The average molecular weight is 452 g/mol. The van der Waals surface area contributed by atoms with Gasteiger partial charge in [0.25, 0.3) is 23.2 Å². The van der Waals surface area contributed by atoms with Crippen molar-refractivity contribution in [3.8, 4) is 0 Å². The van der Waals surface area contributed by atoms with E-state index in [1.54, 1.807) is 32.0 Å². The number of nitrogens with one attached hydrogen (secondary N) is 2. The van der Waals surface area contributed by atoms with Gasteiger partial charge >= 0.3 is 0 Å². The molecule has 0 heterocycles. The van der Waals surface area contributed by atoms with Crippen molar-refractivity contribution in [2.24, 2.45) is 0 Å². The number of non-ortho nitro benzene ring substituents is 2. The topological polar surface area (TPSA) is 176 Å². The monoisotopic (exact) mass is 452 g/mol. The number of nitro benzene ring substituents is 2. The van der Waals surface area contributed by atoms with E-state index in [-0.39, 0.29) is 28.0 Å². The first-order valence-electron chi connectivity index (χ1n) is 9.38. The van der Waals surface area contributed by atoms with Gasteiger partial charge in [-0.3, -0.25) is 29.8 Å². The summed E-state index contributed by atoms with van der Waals surface area (Å²) in [5.41, 5.74) is 1.76. The Morgan fingerprint density at radius 3 is 1.45 bits per heavy atom. The number of nitro groups is 2. The van der Waals surface area contributed by atoms with Crippen LogP contribution in [-0.2, 0) is 0 Å². The van der Waals surface area contributed by atoms with E-state index >= 15 is 0 Å². The van der Waals surface area contributed by atoms with Gasteiger partial charge in [-0.25, -0.2) is 0 Å². The van der Waals surface area contributed by atoms with Crippen LogP contribution < -0.4 is 10.6 Å². The molecule has 0 aliphatic carbocycles. The van der Waals surface area contributed by atoms with Crippen LogP contribution in [0.25, 0.3) is 0 Å². The van der Waals surface area contributed by atoms with Crippen LogP contribution in [0.1, 0.15) is 31.8 Å². The van der Waals surface area contributed by atoms with E-state index in [1.807, 2.05) is 0 Å². The van der Waals surface area contributed by atoms with E-state index < -0.39 is 21.7 Å². The number of carbonyl (C=O) groups excluding carboxylic acids is 2. The molecule has 0 atom stereocenters. The maximum atomic E-state index is 12.6. The van der Waals surface area contributed by atoms with Gasteiger partial charge in [-0.2, -0.15) is 0 Å². The highest BCUT2D eigenvalue weighted by molar-refractivity contribution is 6.07. The first-order chi connectivity index (χ1) is 15.2. The number of rotatable bonds is 6.